The van der Waals surface area contributed by atoms with Gasteiger partial charge in [-0.15, -0.1) is 0 Å². The van der Waals surface area contributed by atoms with Gasteiger partial charge in [-0.3, -0.25) is 9.59 Å². The van der Waals surface area contributed by atoms with E-state index in [4.69, 9.17) is 5.11 Å². The Morgan fingerprint density at radius 2 is 2.25 bits per heavy atom. The first-order valence-corrected chi connectivity index (χ1v) is 4.84. The van der Waals surface area contributed by atoms with Gasteiger partial charge in [0.2, 0.25) is 5.91 Å². The molecule has 1 amide bonds. The molecular formula is C11H10FNO3. The van der Waals surface area contributed by atoms with Crippen LogP contribution in [-0.2, 0) is 9.59 Å². The minimum absolute atomic E-state index is 0.102. The maximum atomic E-state index is 13.3. The number of amides is 1. The van der Waals surface area contributed by atoms with Gasteiger partial charge in [0.25, 0.3) is 0 Å². The van der Waals surface area contributed by atoms with Crippen LogP contribution in [0.5, 0.6) is 0 Å². The Balaban J connectivity index is 2.48. The molecule has 2 N–H and O–H groups in total. The van der Waals surface area contributed by atoms with Crippen molar-refractivity contribution in [2.75, 3.05) is 5.32 Å². The first-order chi connectivity index (χ1) is 7.52. The van der Waals surface area contributed by atoms with E-state index < -0.39 is 29.5 Å². The van der Waals surface area contributed by atoms with Crippen molar-refractivity contribution in [3.05, 3.63) is 29.6 Å². The van der Waals surface area contributed by atoms with Crippen LogP contribution in [0.25, 0.3) is 0 Å². The van der Waals surface area contributed by atoms with E-state index in [9.17, 15) is 14.0 Å². The molecule has 1 heterocycles. The number of carboxylic acids is 1. The number of carbonyl (C=O) groups excluding carboxylic acids is 1. The molecule has 5 heteroatoms. The fourth-order valence-electron chi connectivity index (χ4n) is 1.91. The second-order valence-corrected chi connectivity index (χ2v) is 3.80. The second-order valence-electron chi connectivity index (χ2n) is 3.80. The van der Waals surface area contributed by atoms with E-state index in [0.717, 1.165) is 0 Å². The van der Waals surface area contributed by atoms with Crippen molar-refractivity contribution < 1.29 is 19.1 Å². The molecule has 1 aromatic carbocycles. The standard InChI is InChI=1S/C11H10FNO3/c1-5(11(15)16)8-6-3-2-4-7(12)9(6)13-10(8)14/h2-5,8H,1H3,(H,13,14)(H,15,16). The summed E-state index contributed by atoms with van der Waals surface area (Å²) >= 11 is 0. The molecule has 0 bridgehead atoms. The number of carbonyl (C=O) groups is 2. The highest BCUT2D eigenvalue weighted by molar-refractivity contribution is 6.05. The number of hydrogen-bond donors (Lipinski definition) is 2. The summed E-state index contributed by atoms with van der Waals surface area (Å²) in [7, 11) is 0. The number of nitrogens with one attached hydrogen (secondary N) is 1. The monoisotopic (exact) mass is 223 g/mol. The van der Waals surface area contributed by atoms with E-state index in [1.54, 1.807) is 6.07 Å². The summed E-state index contributed by atoms with van der Waals surface area (Å²) in [6, 6.07) is 4.27. The topological polar surface area (TPSA) is 66.4 Å². The molecule has 0 saturated heterocycles. The average molecular weight is 223 g/mol. The largest absolute Gasteiger partial charge is 0.481 e. The van der Waals surface area contributed by atoms with Gasteiger partial charge in [-0.05, 0) is 11.6 Å². The Bertz CT molecular complexity index is 472. The maximum Gasteiger partial charge on any atom is 0.307 e. The number of benzene rings is 1. The Morgan fingerprint density at radius 3 is 2.88 bits per heavy atom. The molecule has 0 spiro atoms. The van der Waals surface area contributed by atoms with E-state index >= 15 is 0 Å². The average Bonchev–Trinajstić information content (AvgIpc) is 2.55. The molecule has 84 valence electrons. The molecule has 1 aliphatic rings. The predicted octanol–water partition coefficient (Wildman–Crippen LogP) is 1.58. The SMILES string of the molecule is CC(C(=O)O)C1C(=O)Nc2c(F)cccc21. The Hall–Kier alpha value is -1.91. The number of para-hydroxylation sites is 1. The highest BCUT2D eigenvalue weighted by Gasteiger charge is 2.39. The van der Waals surface area contributed by atoms with Gasteiger partial charge in [0.05, 0.1) is 17.5 Å². The van der Waals surface area contributed by atoms with Gasteiger partial charge < -0.3 is 10.4 Å². The number of rotatable bonds is 2. The Morgan fingerprint density at radius 1 is 1.56 bits per heavy atom. The van der Waals surface area contributed by atoms with Gasteiger partial charge in [0.1, 0.15) is 5.82 Å². The van der Waals surface area contributed by atoms with E-state index in [1.165, 1.54) is 19.1 Å². The fraction of sp³-hybridized carbons (Fsp3) is 0.273. The lowest BCUT2D eigenvalue weighted by molar-refractivity contribution is -0.143. The van der Waals surface area contributed by atoms with Crippen molar-refractivity contribution in [1.82, 2.24) is 0 Å². The van der Waals surface area contributed by atoms with E-state index in [1.807, 2.05) is 0 Å². The van der Waals surface area contributed by atoms with Crippen molar-refractivity contribution in [3.8, 4) is 0 Å². The maximum absolute atomic E-state index is 13.3. The Kier molecular flexibility index (Phi) is 2.38. The zero-order valence-corrected chi connectivity index (χ0v) is 8.53. The molecule has 1 aliphatic heterocycles. The molecule has 0 saturated carbocycles. The van der Waals surface area contributed by atoms with Crippen molar-refractivity contribution in [2.24, 2.45) is 5.92 Å². The summed E-state index contributed by atoms with van der Waals surface area (Å²) in [4.78, 5) is 22.4. The number of carboxylic acid groups (broad SMARTS) is 1. The Labute approximate surface area is 91.1 Å². The highest BCUT2D eigenvalue weighted by atomic mass is 19.1. The lowest BCUT2D eigenvalue weighted by Gasteiger charge is -2.12. The van der Waals surface area contributed by atoms with Crippen LogP contribution in [0, 0.1) is 11.7 Å². The minimum Gasteiger partial charge on any atom is -0.481 e. The van der Waals surface area contributed by atoms with Crippen molar-refractivity contribution >= 4 is 17.6 Å². The van der Waals surface area contributed by atoms with Gasteiger partial charge in [-0.2, -0.15) is 0 Å². The van der Waals surface area contributed by atoms with Crippen LogP contribution in [-0.4, -0.2) is 17.0 Å². The summed E-state index contributed by atoms with van der Waals surface area (Å²) in [5.74, 6) is -3.76. The van der Waals surface area contributed by atoms with Crippen molar-refractivity contribution in [3.63, 3.8) is 0 Å². The molecule has 1 aromatic rings. The summed E-state index contributed by atoms with van der Waals surface area (Å²) in [6.45, 7) is 1.44. The molecule has 2 rings (SSSR count). The number of hydrogen-bond acceptors (Lipinski definition) is 2. The third-order valence-corrected chi connectivity index (χ3v) is 2.80. The third-order valence-electron chi connectivity index (χ3n) is 2.80. The summed E-state index contributed by atoms with van der Waals surface area (Å²) in [5, 5.41) is 11.3. The molecule has 16 heavy (non-hydrogen) atoms. The van der Waals surface area contributed by atoms with Crippen LogP contribution in [0.4, 0.5) is 10.1 Å². The van der Waals surface area contributed by atoms with Crippen LogP contribution < -0.4 is 5.32 Å². The molecule has 0 aliphatic carbocycles. The van der Waals surface area contributed by atoms with Crippen LogP contribution in [0.1, 0.15) is 18.4 Å². The molecule has 2 unspecified atom stereocenters. The molecule has 4 nitrogen and oxygen atoms in total. The van der Waals surface area contributed by atoms with Gasteiger partial charge in [-0.1, -0.05) is 19.1 Å². The molecule has 0 aromatic heterocycles. The highest BCUT2D eigenvalue weighted by Crippen LogP contribution is 2.38. The first kappa shape index (κ1) is 10.6. The number of fused-ring (bicyclic) bond motifs is 1. The van der Waals surface area contributed by atoms with E-state index in [-0.39, 0.29) is 5.69 Å². The zero-order chi connectivity index (χ0) is 11.9. The van der Waals surface area contributed by atoms with Crippen molar-refractivity contribution in [2.45, 2.75) is 12.8 Å². The quantitative estimate of drug-likeness (QED) is 0.799. The molecule has 0 radical (unpaired) electrons. The van der Waals surface area contributed by atoms with E-state index in [2.05, 4.69) is 5.32 Å². The predicted molar refractivity (Wildman–Crippen MR) is 54.6 cm³/mol. The van der Waals surface area contributed by atoms with Crippen LogP contribution in [0.2, 0.25) is 0 Å². The summed E-state index contributed by atoms with van der Waals surface area (Å²) in [6.07, 6.45) is 0. The lowest BCUT2D eigenvalue weighted by Crippen LogP contribution is -2.24. The van der Waals surface area contributed by atoms with Crippen LogP contribution >= 0.6 is 0 Å². The van der Waals surface area contributed by atoms with Gasteiger partial charge >= 0.3 is 5.97 Å². The number of aliphatic carboxylic acids is 1. The normalized spacial score (nSPS) is 20.1. The lowest BCUT2D eigenvalue weighted by atomic mass is 9.88. The number of anilines is 1. The zero-order valence-electron chi connectivity index (χ0n) is 8.53. The summed E-state index contributed by atoms with van der Waals surface area (Å²) < 4.78 is 13.3. The molecule has 0 fully saturated rings. The molecular weight excluding hydrogens is 213 g/mol. The number of halogens is 1. The minimum atomic E-state index is -1.07. The van der Waals surface area contributed by atoms with E-state index in [0.29, 0.717) is 5.56 Å². The second kappa shape index (κ2) is 3.59. The van der Waals surface area contributed by atoms with Gasteiger partial charge in [0, 0.05) is 0 Å². The summed E-state index contributed by atoms with van der Waals surface area (Å²) in [5.41, 5.74) is 0.519. The van der Waals surface area contributed by atoms with Gasteiger partial charge in [0.15, 0.2) is 0 Å². The first-order valence-electron chi connectivity index (χ1n) is 4.84. The fourth-order valence-corrected chi connectivity index (χ4v) is 1.91. The van der Waals surface area contributed by atoms with Crippen molar-refractivity contribution in [1.29, 1.82) is 0 Å². The smallest absolute Gasteiger partial charge is 0.307 e. The van der Waals surface area contributed by atoms with Crippen LogP contribution in [0.15, 0.2) is 18.2 Å². The van der Waals surface area contributed by atoms with Crippen LogP contribution in [0.3, 0.4) is 0 Å². The molecule has 2 atom stereocenters. The van der Waals surface area contributed by atoms with Gasteiger partial charge in [-0.25, -0.2) is 4.39 Å². The third kappa shape index (κ3) is 1.44.